The topological polar surface area (TPSA) is 36.4 Å². The molecular formula is C15H20N2O. The highest BCUT2D eigenvalue weighted by molar-refractivity contribution is 5.60. The largest absolute Gasteiger partial charge is 0.393 e. The van der Waals surface area contributed by atoms with E-state index in [2.05, 4.69) is 22.5 Å². The Morgan fingerprint density at radius 2 is 2.00 bits per heavy atom. The fraction of sp³-hybridized carbons (Fsp3) is 0.533. The van der Waals surface area contributed by atoms with Crippen molar-refractivity contribution in [2.24, 2.45) is 0 Å². The van der Waals surface area contributed by atoms with E-state index >= 15 is 0 Å². The molecule has 0 radical (unpaired) electrons. The third-order valence-corrected chi connectivity index (χ3v) is 4.19. The van der Waals surface area contributed by atoms with Gasteiger partial charge in [-0.2, -0.15) is 0 Å². The van der Waals surface area contributed by atoms with Gasteiger partial charge in [-0.15, -0.1) is 0 Å². The molecule has 2 unspecified atom stereocenters. The van der Waals surface area contributed by atoms with Crippen LogP contribution in [0.1, 0.15) is 38.3 Å². The monoisotopic (exact) mass is 244 g/mol. The molecule has 0 saturated carbocycles. The van der Waals surface area contributed by atoms with Gasteiger partial charge in [0.05, 0.1) is 23.7 Å². The molecule has 2 saturated heterocycles. The van der Waals surface area contributed by atoms with E-state index in [4.69, 9.17) is 0 Å². The molecule has 1 aromatic heterocycles. The lowest BCUT2D eigenvalue weighted by Gasteiger charge is -2.38. The summed E-state index contributed by atoms with van der Waals surface area (Å²) in [7, 11) is 0. The predicted octanol–water partition coefficient (Wildman–Crippen LogP) is 2.61. The number of nitrogens with zero attached hydrogens (tertiary/aromatic N) is 2. The Hall–Kier alpha value is -1.35. The van der Waals surface area contributed by atoms with Gasteiger partial charge in [0.25, 0.3) is 0 Å². The first-order valence-electron chi connectivity index (χ1n) is 6.73. The Balaban J connectivity index is 1.85. The maximum Gasteiger partial charge on any atom is 0.0654 e. The standard InChI is InChI=1S/C15H20N2O/c1-10(2)15-6-5-13(9-16-15)17-11-3-4-12(17)8-14(18)7-11/h5-6,9,11-12,14,18H,1,3-4,7-8H2,2H3. The lowest BCUT2D eigenvalue weighted by Crippen LogP contribution is -2.44. The Bertz CT molecular complexity index is 440. The number of aliphatic hydroxyl groups excluding tert-OH is 1. The maximum absolute atomic E-state index is 9.82. The van der Waals surface area contributed by atoms with Crippen molar-refractivity contribution in [2.75, 3.05) is 4.90 Å². The zero-order valence-electron chi connectivity index (χ0n) is 10.8. The van der Waals surface area contributed by atoms with E-state index in [1.807, 2.05) is 19.2 Å². The van der Waals surface area contributed by atoms with E-state index in [-0.39, 0.29) is 6.10 Å². The lowest BCUT2D eigenvalue weighted by atomic mass is 9.99. The van der Waals surface area contributed by atoms with Gasteiger partial charge in [0.2, 0.25) is 0 Å². The summed E-state index contributed by atoms with van der Waals surface area (Å²) in [4.78, 5) is 6.93. The highest BCUT2D eigenvalue weighted by Gasteiger charge is 2.40. The molecule has 2 fully saturated rings. The Morgan fingerprint density at radius 3 is 2.50 bits per heavy atom. The minimum Gasteiger partial charge on any atom is -0.393 e. The summed E-state index contributed by atoms with van der Waals surface area (Å²) in [6, 6.07) is 5.18. The van der Waals surface area contributed by atoms with Crippen LogP contribution in [-0.2, 0) is 0 Å². The summed E-state index contributed by atoms with van der Waals surface area (Å²) in [5.41, 5.74) is 3.15. The van der Waals surface area contributed by atoms with Crippen molar-refractivity contribution >= 4 is 11.3 Å². The summed E-state index contributed by atoms with van der Waals surface area (Å²) >= 11 is 0. The summed E-state index contributed by atoms with van der Waals surface area (Å²) in [6.07, 6.45) is 6.04. The number of piperidine rings is 1. The number of pyridine rings is 1. The number of aliphatic hydroxyl groups is 1. The summed E-state index contributed by atoms with van der Waals surface area (Å²) in [5.74, 6) is 0. The Labute approximate surface area is 108 Å². The van der Waals surface area contributed by atoms with Crippen molar-refractivity contribution in [1.29, 1.82) is 0 Å². The molecule has 3 nitrogen and oxygen atoms in total. The summed E-state index contributed by atoms with van der Waals surface area (Å²) < 4.78 is 0. The van der Waals surface area contributed by atoms with Crippen LogP contribution < -0.4 is 4.90 Å². The van der Waals surface area contributed by atoms with Gasteiger partial charge in [-0.1, -0.05) is 6.58 Å². The number of rotatable bonds is 2. The zero-order chi connectivity index (χ0) is 12.7. The molecule has 2 atom stereocenters. The molecule has 3 heteroatoms. The normalized spacial score (nSPS) is 30.6. The van der Waals surface area contributed by atoms with Crippen LogP contribution in [0.4, 0.5) is 5.69 Å². The predicted molar refractivity (Wildman–Crippen MR) is 73.5 cm³/mol. The third-order valence-electron chi connectivity index (χ3n) is 4.19. The van der Waals surface area contributed by atoms with Crippen LogP contribution in [0, 0.1) is 0 Å². The smallest absolute Gasteiger partial charge is 0.0654 e. The second-order valence-corrected chi connectivity index (χ2v) is 5.60. The van der Waals surface area contributed by atoms with Gasteiger partial charge in [-0.3, -0.25) is 4.98 Å². The molecule has 3 rings (SSSR count). The van der Waals surface area contributed by atoms with Crippen LogP contribution in [0.5, 0.6) is 0 Å². The molecule has 0 spiro atoms. The van der Waals surface area contributed by atoms with Crippen molar-refractivity contribution < 1.29 is 5.11 Å². The van der Waals surface area contributed by atoms with Crippen LogP contribution in [0.3, 0.4) is 0 Å². The molecule has 2 aliphatic rings. The van der Waals surface area contributed by atoms with E-state index in [1.54, 1.807) is 0 Å². The molecule has 0 aromatic carbocycles. The van der Waals surface area contributed by atoms with Crippen molar-refractivity contribution in [3.05, 3.63) is 30.6 Å². The quantitative estimate of drug-likeness (QED) is 0.868. The molecule has 1 aromatic rings. The Kier molecular flexibility index (Phi) is 2.86. The number of hydrogen-bond acceptors (Lipinski definition) is 3. The SMILES string of the molecule is C=C(C)c1ccc(N2C3CCC2CC(O)C3)cn1. The number of fused-ring (bicyclic) bond motifs is 2. The zero-order valence-corrected chi connectivity index (χ0v) is 10.8. The van der Waals surface area contributed by atoms with Crippen molar-refractivity contribution in [3.63, 3.8) is 0 Å². The van der Waals surface area contributed by atoms with Gasteiger partial charge in [0, 0.05) is 12.1 Å². The molecule has 0 aliphatic carbocycles. The molecule has 3 heterocycles. The Morgan fingerprint density at radius 1 is 1.33 bits per heavy atom. The van der Waals surface area contributed by atoms with E-state index in [1.165, 1.54) is 18.5 Å². The number of hydrogen-bond donors (Lipinski definition) is 1. The average molecular weight is 244 g/mol. The number of anilines is 1. The summed E-state index contributed by atoms with van der Waals surface area (Å²) in [5, 5.41) is 9.82. The van der Waals surface area contributed by atoms with Gasteiger partial charge >= 0.3 is 0 Å². The van der Waals surface area contributed by atoms with Crippen LogP contribution >= 0.6 is 0 Å². The molecular weight excluding hydrogens is 224 g/mol. The van der Waals surface area contributed by atoms with Crippen LogP contribution in [0.15, 0.2) is 24.9 Å². The molecule has 96 valence electrons. The molecule has 18 heavy (non-hydrogen) atoms. The van der Waals surface area contributed by atoms with Crippen LogP contribution in [0.25, 0.3) is 5.57 Å². The second kappa shape index (κ2) is 4.39. The van der Waals surface area contributed by atoms with Crippen molar-refractivity contribution in [3.8, 4) is 0 Å². The third kappa shape index (κ3) is 1.93. The molecule has 1 N–H and O–H groups in total. The van der Waals surface area contributed by atoms with Gasteiger partial charge in [0.15, 0.2) is 0 Å². The van der Waals surface area contributed by atoms with Crippen LogP contribution in [0.2, 0.25) is 0 Å². The van der Waals surface area contributed by atoms with E-state index < -0.39 is 0 Å². The van der Waals surface area contributed by atoms with Gasteiger partial charge in [0.1, 0.15) is 0 Å². The lowest BCUT2D eigenvalue weighted by molar-refractivity contribution is 0.126. The van der Waals surface area contributed by atoms with Crippen molar-refractivity contribution in [2.45, 2.75) is 50.8 Å². The molecule has 0 amide bonds. The highest BCUT2D eigenvalue weighted by atomic mass is 16.3. The first-order valence-corrected chi connectivity index (χ1v) is 6.73. The minimum atomic E-state index is -0.110. The fourth-order valence-electron chi connectivity index (χ4n) is 3.36. The maximum atomic E-state index is 9.82. The van der Waals surface area contributed by atoms with Gasteiger partial charge < -0.3 is 10.0 Å². The van der Waals surface area contributed by atoms with Gasteiger partial charge in [-0.05, 0) is 50.3 Å². The first-order chi connectivity index (χ1) is 8.65. The summed E-state index contributed by atoms with van der Waals surface area (Å²) in [6.45, 7) is 5.89. The fourth-order valence-corrected chi connectivity index (χ4v) is 3.36. The average Bonchev–Trinajstić information content (AvgIpc) is 2.62. The number of aromatic nitrogens is 1. The van der Waals surface area contributed by atoms with E-state index in [0.717, 1.165) is 24.1 Å². The van der Waals surface area contributed by atoms with Crippen molar-refractivity contribution in [1.82, 2.24) is 4.98 Å². The molecule has 2 aliphatic heterocycles. The highest BCUT2D eigenvalue weighted by Crippen LogP contribution is 2.39. The number of allylic oxidation sites excluding steroid dienone is 1. The van der Waals surface area contributed by atoms with Crippen LogP contribution in [-0.4, -0.2) is 28.3 Å². The van der Waals surface area contributed by atoms with Gasteiger partial charge in [-0.25, -0.2) is 0 Å². The molecule has 2 bridgehead atoms. The van der Waals surface area contributed by atoms with E-state index in [9.17, 15) is 5.11 Å². The second-order valence-electron chi connectivity index (χ2n) is 5.60. The first kappa shape index (κ1) is 11.7. The van der Waals surface area contributed by atoms with E-state index in [0.29, 0.717) is 12.1 Å². The minimum absolute atomic E-state index is 0.110.